The molecule has 0 unspecified atom stereocenters. The van der Waals surface area contributed by atoms with Crippen LogP contribution in [0, 0.1) is 10.1 Å². The van der Waals surface area contributed by atoms with Gasteiger partial charge in [0.05, 0.1) is 22.3 Å². The van der Waals surface area contributed by atoms with Crippen molar-refractivity contribution in [2.45, 2.75) is 0 Å². The van der Waals surface area contributed by atoms with E-state index in [0.717, 1.165) is 10.9 Å². The molecule has 0 fully saturated rings. The highest BCUT2D eigenvalue weighted by Crippen LogP contribution is 2.23. The Hall–Kier alpha value is -3.02. The van der Waals surface area contributed by atoms with Crippen LogP contribution in [0.5, 0.6) is 0 Å². The lowest BCUT2D eigenvalue weighted by atomic mass is 10.1. The van der Waals surface area contributed by atoms with Crippen molar-refractivity contribution in [1.29, 1.82) is 0 Å². The van der Waals surface area contributed by atoms with Gasteiger partial charge >= 0.3 is 0 Å². The van der Waals surface area contributed by atoms with Crippen LogP contribution >= 0.6 is 0 Å². The summed E-state index contributed by atoms with van der Waals surface area (Å²) in [7, 11) is 0. The van der Waals surface area contributed by atoms with E-state index in [9.17, 15) is 14.9 Å². The van der Waals surface area contributed by atoms with Crippen molar-refractivity contribution in [2.75, 3.05) is 0 Å². The summed E-state index contributed by atoms with van der Waals surface area (Å²) in [5.74, 6) is 0. The average Bonchev–Trinajstić information content (AvgIpc) is 2.90. The van der Waals surface area contributed by atoms with Gasteiger partial charge in [-0.05, 0) is 12.1 Å². The second-order valence-corrected chi connectivity index (χ2v) is 4.23. The van der Waals surface area contributed by atoms with E-state index in [-0.39, 0.29) is 11.3 Å². The number of para-hydroxylation sites is 1. The minimum Gasteiger partial charge on any atom is -0.298 e. The third-order valence-electron chi connectivity index (χ3n) is 3.05. The third-order valence-corrected chi connectivity index (χ3v) is 3.05. The molecule has 0 bridgehead atoms. The number of nitrogens with zero attached hydrogens (tertiary/aromatic N) is 3. The predicted molar refractivity (Wildman–Crippen MR) is 73.1 cm³/mol. The first-order valence-electron chi connectivity index (χ1n) is 5.87. The van der Waals surface area contributed by atoms with E-state index < -0.39 is 4.92 Å². The smallest absolute Gasteiger partial charge is 0.270 e. The summed E-state index contributed by atoms with van der Waals surface area (Å²) in [5.41, 5.74) is 1.47. The highest BCUT2D eigenvalue weighted by molar-refractivity contribution is 5.86. The number of rotatable bonds is 3. The monoisotopic (exact) mass is 267 g/mol. The molecule has 0 amide bonds. The molecule has 0 radical (unpaired) electrons. The van der Waals surface area contributed by atoms with Gasteiger partial charge in [0.1, 0.15) is 0 Å². The van der Waals surface area contributed by atoms with Crippen LogP contribution in [0.3, 0.4) is 0 Å². The van der Waals surface area contributed by atoms with E-state index in [2.05, 4.69) is 5.10 Å². The van der Waals surface area contributed by atoms with E-state index in [1.165, 1.54) is 18.2 Å². The fraction of sp³-hybridized carbons (Fsp3) is 0. The number of hydrogen-bond donors (Lipinski definition) is 0. The summed E-state index contributed by atoms with van der Waals surface area (Å²) in [5, 5.41) is 15.9. The van der Waals surface area contributed by atoms with E-state index >= 15 is 0 Å². The number of fused-ring (bicyclic) bond motifs is 1. The molecule has 6 heteroatoms. The number of nitro groups is 1. The Bertz CT molecular complexity index is 823. The molecule has 0 saturated heterocycles. The van der Waals surface area contributed by atoms with Crippen LogP contribution in [0.2, 0.25) is 0 Å². The first-order valence-corrected chi connectivity index (χ1v) is 5.87. The number of carbonyl (C=O) groups excluding carboxylic acids is 1. The van der Waals surface area contributed by atoms with E-state index in [1.807, 2.05) is 24.3 Å². The Labute approximate surface area is 113 Å². The third kappa shape index (κ3) is 1.83. The minimum atomic E-state index is -0.530. The normalized spacial score (nSPS) is 10.6. The number of hydrogen-bond acceptors (Lipinski definition) is 4. The molecular weight excluding hydrogens is 258 g/mol. The number of carbonyl (C=O) groups is 1. The lowest BCUT2D eigenvalue weighted by Crippen LogP contribution is -2.01. The van der Waals surface area contributed by atoms with Crippen molar-refractivity contribution in [2.24, 2.45) is 0 Å². The fourth-order valence-electron chi connectivity index (χ4n) is 2.11. The average molecular weight is 267 g/mol. The number of non-ortho nitro benzene ring substituents is 1. The Morgan fingerprint density at radius 3 is 2.75 bits per heavy atom. The second kappa shape index (κ2) is 4.58. The molecule has 0 N–H and O–H groups in total. The summed E-state index contributed by atoms with van der Waals surface area (Å²) in [6, 6.07) is 11.7. The van der Waals surface area contributed by atoms with Crippen molar-refractivity contribution in [1.82, 2.24) is 9.78 Å². The van der Waals surface area contributed by atoms with E-state index in [0.29, 0.717) is 12.0 Å². The molecule has 1 heterocycles. The van der Waals surface area contributed by atoms with Gasteiger partial charge in [0.2, 0.25) is 0 Å². The quantitative estimate of drug-likeness (QED) is 0.415. The topological polar surface area (TPSA) is 78.0 Å². The molecule has 0 saturated carbocycles. The Balaban J connectivity index is 2.24. The summed E-state index contributed by atoms with van der Waals surface area (Å²) in [6.07, 6.45) is 2.28. The van der Waals surface area contributed by atoms with Crippen LogP contribution in [-0.2, 0) is 0 Å². The van der Waals surface area contributed by atoms with Crippen molar-refractivity contribution in [3.63, 3.8) is 0 Å². The summed E-state index contributed by atoms with van der Waals surface area (Å²) in [6.45, 7) is 0. The Morgan fingerprint density at radius 1 is 1.20 bits per heavy atom. The van der Waals surface area contributed by atoms with E-state index in [4.69, 9.17) is 0 Å². The lowest BCUT2D eigenvalue weighted by molar-refractivity contribution is -0.384. The minimum absolute atomic E-state index is 0.118. The molecule has 2 aromatic carbocycles. The zero-order valence-corrected chi connectivity index (χ0v) is 10.3. The van der Waals surface area contributed by atoms with Crippen LogP contribution in [0.25, 0.3) is 16.6 Å². The molecule has 1 aromatic heterocycles. The maximum absolute atomic E-state index is 11.2. The van der Waals surface area contributed by atoms with Gasteiger partial charge in [-0.2, -0.15) is 5.10 Å². The van der Waals surface area contributed by atoms with E-state index in [1.54, 1.807) is 10.9 Å². The van der Waals surface area contributed by atoms with Crippen LogP contribution in [0.1, 0.15) is 10.4 Å². The van der Waals surface area contributed by atoms with Gasteiger partial charge in [-0.3, -0.25) is 14.9 Å². The zero-order valence-electron chi connectivity index (χ0n) is 10.3. The maximum atomic E-state index is 11.2. The molecular formula is C14H9N3O3. The zero-order chi connectivity index (χ0) is 14.1. The van der Waals surface area contributed by atoms with Crippen molar-refractivity contribution >= 4 is 22.9 Å². The van der Waals surface area contributed by atoms with Crippen molar-refractivity contribution < 1.29 is 9.72 Å². The van der Waals surface area contributed by atoms with Gasteiger partial charge in [0.15, 0.2) is 6.29 Å². The van der Waals surface area contributed by atoms with Gasteiger partial charge in [0.25, 0.3) is 5.69 Å². The SMILES string of the molecule is O=Cc1cc([N+](=O)[O-])ccc1-n1ncc2ccccc21. The number of aromatic nitrogens is 2. The molecule has 98 valence electrons. The number of benzene rings is 2. The molecule has 0 atom stereocenters. The van der Waals surface area contributed by atoms with Crippen LogP contribution in [-0.4, -0.2) is 21.0 Å². The number of nitro benzene ring substituents is 1. The first kappa shape index (κ1) is 12.0. The number of aldehydes is 1. The van der Waals surface area contributed by atoms with Crippen LogP contribution in [0.15, 0.2) is 48.7 Å². The summed E-state index contributed by atoms with van der Waals surface area (Å²) >= 11 is 0. The molecule has 0 aliphatic carbocycles. The van der Waals surface area contributed by atoms with Crippen molar-refractivity contribution in [3.8, 4) is 5.69 Å². The standard InChI is InChI=1S/C14H9N3O3/c18-9-11-7-12(17(19)20)5-6-14(11)16-13-4-2-1-3-10(13)8-15-16/h1-9H. The maximum Gasteiger partial charge on any atom is 0.270 e. The predicted octanol–water partition coefficient (Wildman–Crippen LogP) is 2.75. The lowest BCUT2D eigenvalue weighted by Gasteiger charge is -2.06. The Kier molecular flexibility index (Phi) is 2.76. The van der Waals surface area contributed by atoms with Gasteiger partial charge in [-0.25, -0.2) is 4.68 Å². The van der Waals surface area contributed by atoms with Crippen LogP contribution < -0.4 is 0 Å². The second-order valence-electron chi connectivity index (χ2n) is 4.23. The highest BCUT2D eigenvalue weighted by Gasteiger charge is 2.13. The van der Waals surface area contributed by atoms with Gasteiger partial charge in [-0.15, -0.1) is 0 Å². The van der Waals surface area contributed by atoms with Crippen molar-refractivity contribution in [3.05, 3.63) is 64.3 Å². The first-order chi connectivity index (χ1) is 9.70. The fourth-order valence-corrected chi connectivity index (χ4v) is 2.11. The highest BCUT2D eigenvalue weighted by atomic mass is 16.6. The van der Waals surface area contributed by atoms with Gasteiger partial charge in [0, 0.05) is 23.1 Å². The molecule has 3 aromatic rings. The summed E-state index contributed by atoms with van der Waals surface area (Å²) < 4.78 is 1.60. The molecule has 0 spiro atoms. The molecule has 6 nitrogen and oxygen atoms in total. The largest absolute Gasteiger partial charge is 0.298 e. The molecule has 3 rings (SSSR count). The summed E-state index contributed by atoms with van der Waals surface area (Å²) in [4.78, 5) is 21.4. The molecule has 0 aliphatic heterocycles. The molecule has 20 heavy (non-hydrogen) atoms. The van der Waals surface area contributed by atoms with Crippen LogP contribution in [0.4, 0.5) is 5.69 Å². The van der Waals surface area contributed by atoms with Gasteiger partial charge in [-0.1, -0.05) is 18.2 Å². The Morgan fingerprint density at radius 2 is 2.00 bits per heavy atom. The molecule has 0 aliphatic rings. The van der Waals surface area contributed by atoms with Gasteiger partial charge < -0.3 is 0 Å².